The highest BCUT2D eigenvalue weighted by molar-refractivity contribution is 6.32. The Balaban J connectivity index is 2.24. The van der Waals surface area contributed by atoms with E-state index in [4.69, 9.17) is 16.3 Å². The summed E-state index contributed by atoms with van der Waals surface area (Å²) in [5.41, 5.74) is 2.54. The van der Waals surface area contributed by atoms with Crippen molar-refractivity contribution in [3.63, 3.8) is 0 Å². The Bertz CT molecular complexity index is 425. The minimum absolute atomic E-state index is 0.495. The van der Waals surface area contributed by atoms with Gasteiger partial charge in [-0.05, 0) is 61.4 Å². The minimum Gasteiger partial charge on any atom is -0.495 e. The molecule has 19 heavy (non-hydrogen) atoms. The fraction of sp³-hybridized carbons (Fsp3) is 0.625. The summed E-state index contributed by atoms with van der Waals surface area (Å²) in [5.74, 6) is 2.00. The van der Waals surface area contributed by atoms with Gasteiger partial charge in [-0.15, -0.1) is 0 Å². The third kappa shape index (κ3) is 3.64. The van der Waals surface area contributed by atoms with Crippen molar-refractivity contribution in [2.45, 2.75) is 39.0 Å². The van der Waals surface area contributed by atoms with Gasteiger partial charge in [0, 0.05) is 0 Å². The molecule has 1 N–H and O–H groups in total. The number of piperidine rings is 1. The molecule has 106 valence electrons. The lowest BCUT2D eigenvalue weighted by Crippen LogP contribution is -2.30. The second-order valence-electron chi connectivity index (χ2n) is 5.77. The van der Waals surface area contributed by atoms with E-state index in [0.29, 0.717) is 11.8 Å². The van der Waals surface area contributed by atoms with E-state index in [9.17, 15) is 0 Å². The molecule has 1 saturated heterocycles. The fourth-order valence-corrected chi connectivity index (χ4v) is 2.98. The monoisotopic (exact) mass is 281 g/mol. The van der Waals surface area contributed by atoms with Gasteiger partial charge < -0.3 is 10.1 Å². The highest BCUT2D eigenvalue weighted by atomic mass is 35.5. The number of ether oxygens (including phenoxy) is 1. The number of halogens is 1. The molecule has 1 aliphatic rings. The van der Waals surface area contributed by atoms with E-state index in [0.717, 1.165) is 30.3 Å². The first-order valence-electron chi connectivity index (χ1n) is 7.18. The van der Waals surface area contributed by atoms with Crippen molar-refractivity contribution < 1.29 is 4.74 Å². The Morgan fingerprint density at radius 3 is 2.79 bits per heavy atom. The van der Waals surface area contributed by atoms with Crippen LogP contribution in [0.5, 0.6) is 5.75 Å². The molecule has 0 amide bonds. The van der Waals surface area contributed by atoms with E-state index < -0.39 is 0 Å². The van der Waals surface area contributed by atoms with Gasteiger partial charge in [0.15, 0.2) is 0 Å². The molecular weight excluding hydrogens is 258 g/mol. The predicted octanol–water partition coefficient (Wildman–Crippen LogP) is 4.01. The summed E-state index contributed by atoms with van der Waals surface area (Å²) in [6.07, 6.45) is 3.60. The van der Waals surface area contributed by atoms with E-state index in [2.05, 4.69) is 31.3 Å². The average Bonchev–Trinajstić information content (AvgIpc) is 2.42. The molecule has 2 nitrogen and oxygen atoms in total. The lowest BCUT2D eigenvalue weighted by Gasteiger charge is -2.24. The molecule has 1 aliphatic heterocycles. The first-order valence-corrected chi connectivity index (χ1v) is 7.56. The molecule has 3 heteroatoms. The molecular formula is C16H24ClNO. The van der Waals surface area contributed by atoms with Crippen molar-refractivity contribution in [2.75, 3.05) is 20.2 Å². The van der Waals surface area contributed by atoms with Crippen LogP contribution in [0.1, 0.15) is 43.7 Å². The van der Waals surface area contributed by atoms with Crippen LogP contribution in [0, 0.1) is 5.92 Å². The fourth-order valence-electron chi connectivity index (χ4n) is 2.72. The third-order valence-electron chi connectivity index (χ3n) is 3.93. The second kappa shape index (κ2) is 6.62. The van der Waals surface area contributed by atoms with Crippen molar-refractivity contribution in [2.24, 2.45) is 5.92 Å². The van der Waals surface area contributed by atoms with Crippen molar-refractivity contribution in [3.05, 3.63) is 28.3 Å². The summed E-state index contributed by atoms with van der Waals surface area (Å²) < 4.78 is 5.42. The normalized spacial score (nSPS) is 19.7. The van der Waals surface area contributed by atoms with E-state index in [-0.39, 0.29) is 0 Å². The summed E-state index contributed by atoms with van der Waals surface area (Å²) in [4.78, 5) is 0. The van der Waals surface area contributed by atoms with Crippen molar-refractivity contribution in [3.8, 4) is 5.75 Å². The Kier molecular flexibility index (Phi) is 5.12. The molecule has 1 atom stereocenters. The SMILES string of the molecule is COc1cc(C(C)C)cc(CC2CCCNC2)c1Cl. The largest absolute Gasteiger partial charge is 0.495 e. The van der Waals surface area contributed by atoms with Crippen LogP contribution in [0.4, 0.5) is 0 Å². The Labute approximate surface area is 121 Å². The number of hydrogen-bond donors (Lipinski definition) is 1. The lowest BCUT2D eigenvalue weighted by atomic mass is 9.90. The quantitative estimate of drug-likeness (QED) is 0.900. The zero-order valence-corrected chi connectivity index (χ0v) is 12.9. The zero-order chi connectivity index (χ0) is 13.8. The van der Waals surface area contributed by atoms with E-state index in [1.807, 2.05) is 0 Å². The van der Waals surface area contributed by atoms with Gasteiger partial charge in [-0.25, -0.2) is 0 Å². The maximum Gasteiger partial charge on any atom is 0.138 e. The molecule has 0 aliphatic carbocycles. The second-order valence-corrected chi connectivity index (χ2v) is 6.15. The van der Waals surface area contributed by atoms with Gasteiger partial charge >= 0.3 is 0 Å². The molecule has 1 heterocycles. The first kappa shape index (κ1) is 14.7. The molecule has 0 spiro atoms. The maximum atomic E-state index is 6.46. The third-order valence-corrected chi connectivity index (χ3v) is 4.36. The zero-order valence-electron chi connectivity index (χ0n) is 12.1. The standard InChI is InChI=1S/C16H24ClNO/c1-11(2)13-8-14(16(17)15(9-13)19-3)7-12-5-4-6-18-10-12/h8-9,11-12,18H,4-7,10H2,1-3H3. The molecule has 1 fully saturated rings. The summed E-state index contributed by atoms with van der Waals surface area (Å²) >= 11 is 6.46. The molecule has 1 aromatic carbocycles. The van der Waals surface area contributed by atoms with E-state index >= 15 is 0 Å². The molecule has 0 saturated carbocycles. The lowest BCUT2D eigenvalue weighted by molar-refractivity contribution is 0.374. The van der Waals surface area contributed by atoms with Crippen molar-refractivity contribution in [1.82, 2.24) is 5.32 Å². The van der Waals surface area contributed by atoms with E-state index in [1.54, 1.807) is 7.11 Å². The average molecular weight is 282 g/mol. The molecule has 0 radical (unpaired) electrons. The number of methoxy groups -OCH3 is 1. The van der Waals surface area contributed by atoms with Crippen LogP contribution in [0.3, 0.4) is 0 Å². The minimum atomic E-state index is 0.495. The topological polar surface area (TPSA) is 21.3 Å². The highest BCUT2D eigenvalue weighted by Crippen LogP contribution is 2.34. The van der Waals surface area contributed by atoms with Gasteiger partial charge in [0.2, 0.25) is 0 Å². The van der Waals surface area contributed by atoms with Crippen LogP contribution in [0.25, 0.3) is 0 Å². The van der Waals surface area contributed by atoms with Gasteiger partial charge in [0.25, 0.3) is 0 Å². The van der Waals surface area contributed by atoms with Gasteiger partial charge in [-0.3, -0.25) is 0 Å². The van der Waals surface area contributed by atoms with Crippen molar-refractivity contribution in [1.29, 1.82) is 0 Å². The van der Waals surface area contributed by atoms with Gasteiger partial charge in [-0.1, -0.05) is 31.5 Å². The highest BCUT2D eigenvalue weighted by Gasteiger charge is 2.18. The predicted molar refractivity (Wildman–Crippen MR) is 81.4 cm³/mol. The Hall–Kier alpha value is -0.730. The number of rotatable bonds is 4. The summed E-state index contributed by atoms with van der Waals surface area (Å²) in [5, 5.41) is 4.26. The van der Waals surface area contributed by atoms with Crippen molar-refractivity contribution >= 4 is 11.6 Å². The van der Waals surface area contributed by atoms with Crippen LogP contribution in [-0.2, 0) is 6.42 Å². The van der Waals surface area contributed by atoms with E-state index in [1.165, 1.54) is 24.0 Å². The first-order chi connectivity index (χ1) is 9.11. The van der Waals surface area contributed by atoms with Gasteiger partial charge in [0.1, 0.15) is 5.75 Å². The molecule has 1 unspecified atom stereocenters. The molecule has 2 rings (SSSR count). The summed E-state index contributed by atoms with van der Waals surface area (Å²) in [6, 6.07) is 4.32. The Morgan fingerprint density at radius 2 is 2.21 bits per heavy atom. The molecule has 1 aromatic rings. The Morgan fingerprint density at radius 1 is 1.42 bits per heavy atom. The van der Waals surface area contributed by atoms with Gasteiger partial charge in [0.05, 0.1) is 12.1 Å². The van der Waals surface area contributed by atoms with Gasteiger partial charge in [-0.2, -0.15) is 0 Å². The smallest absolute Gasteiger partial charge is 0.138 e. The summed E-state index contributed by atoms with van der Waals surface area (Å²) in [7, 11) is 1.69. The molecule has 0 aromatic heterocycles. The number of hydrogen-bond acceptors (Lipinski definition) is 2. The number of benzene rings is 1. The van der Waals surface area contributed by atoms with Crippen LogP contribution < -0.4 is 10.1 Å². The van der Waals surface area contributed by atoms with Crippen LogP contribution in [0.15, 0.2) is 12.1 Å². The van der Waals surface area contributed by atoms with Crippen LogP contribution in [-0.4, -0.2) is 20.2 Å². The van der Waals surface area contributed by atoms with Crippen LogP contribution >= 0.6 is 11.6 Å². The number of nitrogens with one attached hydrogen (secondary N) is 1. The maximum absolute atomic E-state index is 6.46. The summed E-state index contributed by atoms with van der Waals surface area (Å²) in [6.45, 7) is 6.66. The van der Waals surface area contributed by atoms with Crippen LogP contribution in [0.2, 0.25) is 5.02 Å². The molecule has 0 bridgehead atoms.